The number of carbonyl (C=O) groups excluding carboxylic acids is 2. The van der Waals surface area contributed by atoms with Gasteiger partial charge in [-0.1, -0.05) is 31.0 Å². The first-order valence-electron chi connectivity index (χ1n) is 12.8. The van der Waals surface area contributed by atoms with Gasteiger partial charge < -0.3 is 19.7 Å². The quantitative estimate of drug-likeness (QED) is 0.474. The highest BCUT2D eigenvalue weighted by Crippen LogP contribution is 2.40. The molecule has 3 rings (SSSR count). The smallest absolute Gasteiger partial charge is 0.383 e. The first-order valence-corrected chi connectivity index (χ1v) is 12.8. The van der Waals surface area contributed by atoms with E-state index in [1.807, 2.05) is 20.8 Å². The zero-order chi connectivity index (χ0) is 28.1. The number of halogens is 3. The number of carbonyl (C=O) groups is 2. The molecule has 1 N–H and O–H groups in total. The van der Waals surface area contributed by atoms with Crippen LogP contribution in [0.5, 0.6) is 0 Å². The van der Waals surface area contributed by atoms with Crippen molar-refractivity contribution in [3.63, 3.8) is 0 Å². The van der Waals surface area contributed by atoms with E-state index in [4.69, 9.17) is 9.47 Å². The molecule has 1 aliphatic rings. The number of ether oxygens (including phenoxy) is 2. The van der Waals surface area contributed by atoms with Crippen LogP contribution in [0.1, 0.15) is 68.5 Å². The van der Waals surface area contributed by atoms with Gasteiger partial charge in [0.05, 0.1) is 36.1 Å². The van der Waals surface area contributed by atoms with E-state index in [-0.39, 0.29) is 35.5 Å². The van der Waals surface area contributed by atoms with Crippen molar-refractivity contribution >= 4 is 11.8 Å². The molecular weight excluding hydrogens is 501 g/mol. The van der Waals surface area contributed by atoms with Gasteiger partial charge in [-0.25, -0.2) is 0 Å². The summed E-state index contributed by atoms with van der Waals surface area (Å²) in [6, 6.07) is 5.52. The fourth-order valence-electron chi connectivity index (χ4n) is 4.43. The summed E-state index contributed by atoms with van der Waals surface area (Å²) in [6.45, 7) is 6.04. The molecule has 1 saturated carbocycles. The predicted octanol–water partition coefficient (Wildman–Crippen LogP) is 4.70. The standard InChI is InChI=1S/C27H37F3N4O4/c1-26(2,3)38-17-22(25(36)33(4)14-15-37-5)31-24(35)21-16-23(34(32-21)18-10-6-7-11-18)19-12-8-9-13-20(19)27(28,29)30/h8-9,12-13,16,18,22H,6-7,10-11,14-15,17H2,1-5H3,(H,31,35). The maximum atomic E-state index is 13.8. The Hall–Kier alpha value is -2.92. The monoisotopic (exact) mass is 538 g/mol. The molecule has 0 aliphatic heterocycles. The van der Waals surface area contributed by atoms with Crippen molar-refractivity contribution in [2.75, 3.05) is 33.9 Å². The highest BCUT2D eigenvalue weighted by Gasteiger charge is 2.36. The van der Waals surface area contributed by atoms with Crippen molar-refractivity contribution < 1.29 is 32.2 Å². The number of nitrogens with one attached hydrogen (secondary N) is 1. The fraction of sp³-hybridized carbons (Fsp3) is 0.593. The molecule has 0 spiro atoms. The van der Waals surface area contributed by atoms with Gasteiger partial charge in [-0.05, 0) is 45.7 Å². The highest BCUT2D eigenvalue weighted by atomic mass is 19.4. The summed E-state index contributed by atoms with van der Waals surface area (Å²) in [7, 11) is 3.12. The molecule has 1 heterocycles. The molecule has 210 valence electrons. The molecule has 1 atom stereocenters. The summed E-state index contributed by atoms with van der Waals surface area (Å²) >= 11 is 0. The molecule has 1 fully saturated rings. The number of likely N-dealkylation sites (N-methyl/N-ethyl adjacent to an activating group) is 1. The van der Waals surface area contributed by atoms with Gasteiger partial charge in [0, 0.05) is 26.3 Å². The van der Waals surface area contributed by atoms with Crippen LogP contribution in [0.15, 0.2) is 30.3 Å². The van der Waals surface area contributed by atoms with E-state index in [1.165, 1.54) is 36.3 Å². The molecule has 1 aromatic heterocycles. The normalized spacial score (nSPS) is 15.5. The maximum absolute atomic E-state index is 13.8. The number of methoxy groups -OCH3 is 1. The van der Waals surface area contributed by atoms with E-state index in [9.17, 15) is 22.8 Å². The van der Waals surface area contributed by atoms with Gasteiger partial charge in [0.15, 0.2) is 5.69 Å². The first-order chi connectivity index (χ1) is 17.8. The Morgan fingerprint density at radius 2 is 1.84 bits per heavy atom. The van der Waals surface area contributed by atoms with E-state index in [2.05, 4.69) is 10.4 Å². The Kier molecular flexibility index (Phi) is 9.59. The van der Waals surface area contributed by atoms with Crippen molar-refractivity contribution in [2.45, 2.75) is 70.3 Å². The largest absolute Gasteiger partial charge is 0.417 e. The lowest BCUT2D eigenvalue weighted by atomic mass is 10.0. The lowest BCUT2D eigenvalue weighted by molar-refractivity contribution is -0.137. The van der Waals surface area contributed by atoms with E-state index >= 15 is 0 Å². The first kappa shape index (κ1) is 29.6. The summed E-state index contributed by atoms with van der Waals surface area (Å²) in [5.41, 5.74) is -1.23. The molecule has 1 unspecified atom stereocenters. The van der Waals surface area contributed by atoms with Crippen molar-refractivity contribution in [1.29, 1.82) is 0 Å². The van der Waals surface area contributed by atoms with Crippen LogP contribution < -0.4 is 5.32 Å². The minimum absolute atomic E-state index is 0.0403. The van der Waals surface area contributed by atoms with Gasteiger partial charge in [-0.15, -0.1) is 0 Å². The second-order valence-corrected chi connectivity index (χ2v) is 10.5. The number of hydrogen-bond donors (Lipinski definition) is 1. The lowest BCUT2D eigenvalue weighted by Gasteiger charge is -2.27. The zero-order valence-corrected chi connectivity index (χ0v) is 22.6. The second kappa shape index (κ2) is 12.3. The average molecular weight is 539 g/mol. The van der Waals surface area contributed by atoms with Gasteiger partial charge in [-0.2, -0.15) is 18.3 Å². The molecule has 11 heteroatoms. The summed E-state index contributed by atoms with van der Waals surface area (Å²) in [5.74, 6) is -1.04. The zero-order valence-electron chi connectivity index (χ0n) is 22.6. The molecule has 0 radical (unpaired) electrons. The summed E-state index contributed by atoms with van der Waals surface area (Å²) in [5, 5.41) is 7.16. The van der Waals surface area contributed by atoms with E-state index in [1.54, 1.807) is 11.7 Å². The van der Waals surface area contributed by atoms with Crippen molar-refractivity contribution in [2.24, 2.45) is 0 Å². The van der Waals surface area contributed by atoms with E-state index in [0.717, 1.165) is 31.7 Å². The van der Waals surface area contributed by atoms with Crippen molar-refractivity contribution in [3.8, 4) is 11.3 Å². The molecule has 1 aliphatic carbocycles. The summed E-state index contributed by atoms with van der Waals surface area (Å²) in [6.07, 6.45) is -1.19. The van der Waals surface area contributed by atoms with Crippen molar-refractivity contribution in [1.82, 2.24) is 20.0 Å². The SMILES string of the molecule is COCCN(C)C(=O)C(COC(C)(C)C)NC(=O)c1cc(-c2ccccc2C(F)(F)F)n(C2CCCC2)n1. The van der Waals surface area contributed by atoms with Crippen LogP contribution in [0, 0.1) is 0 Å². The number of aromatic nitrogens is 2. The Bertz CT molecular complexity index is 1100. The minimum Gasteiger partial charge on any atom is -0.383 e. The predicted molar refractivity (Wildman–Crippen MR) is 137 cm³/mol. The third-order valence-electron chi connectivity index (χ3n) is 6.44. The van der Waals surface area contributed by atoms with Gasteiger partial charge >= 0.3 is 6.18 Å². The van der Waals surface area contributed by atoms with Gasteiger partial charge in [0.25, 0.3) is 5.91 Å². The Labute approximate surface area is 221 Å². The lowest BCUT2D eigenvalue weighted by Crippen LogP contribution is -2.51. The average Bonchev–Trinajstić information content (AvgIpc) is 3.53. The van der Waals surface area contributed by atoms with Gasteiger partial charge in [-0.3, -0.25) is 14.3 Å². The fourth-order valence-corrected chi connectivity index (χ4v) is 4.43. The van der Waals surface area contributed by atoms with Gasteiger partial charge in [0.1, 0.15) is 6.04 Å². The Morgan fingerprint density at radius 3 is 2.45 bits per heavy atom. The van der Waals surface area contributed by atoms with Crippen LogP contribution in [0.2, 0.25) is 0 Å². The van der Waals surface area contributed by atoms with Crippen LogP contribution in [0.3, 0.4) is 0 Å². The third kappa shape index (κ3) is 7.57. The summed E-state index contributed by atoms with van der Waals surface area (Å²) < 4.78 is 53.9. The molecular formula is C27H37F3N4O4. The number of hydrogen-bond acceptors (Lipinski definition) is 5. The van der Waals surface area contributed by atoms with Crippen LogP contribution in [0.4, 0.5) is 13.2 Å². The molecule has 2 aromatic rings. The van der Waals surface area contributed by atoms with Crippen LogP contribution in [0.25, 0.3) is 11.3 Å². The summed E-state index contributed by atoms with van der Waals surface area (Å²) in [4.78, 5) is 27.9. The number of nitrogens with zero attached hydrogens (tertiary/aromatic N) is 3. The number of benzene rings is 1. The molecule has 8 nitrogen and oxygen atoms in total. The number of alkyl halides is 3. The van der Waals surface area contributed by atoms with Crippen molar-refractivity contribution in [3.05, 3.63) is 41.6 Å². The Balaban J connectivity index is 1.95. The van der Waals surface area contributed by atoms with E-state index in [0.29, 0.717) is 13.2 Å². The molecule has 38 heavy (non-hydrogen) atoms. The Morgan fingerprint density at radius 1 is 1.18 bits per heavy atom. The minimum atomic E-state index is -4.57. The number of rotatable bonds is 10. The van der Waals surface area contributed by atoms with E-state index < -0.39 is 29.3 Å². The molecule has 1 aromatic carbocycles. The van der Waals surface area contributed by atoms with Crippen LogP contribution >= 0.6 is 0 Å². The van der Waals surface area contributed by atoms with Crippen LogP contribution in [-0.4, -0.2) is 72.1 Å². The van der Waals surface area contributed by atoms with Crippen LogP contribution in [-0.2, 0) is 20.4 Å². The maximum Gasteiger partial charge on any atom is 0.417 e. The molecule has 2 amide bonds. The molecule has 0 bridgehead atoms. The van der Waals surface area contributed by atoms with Gasteiger partial charge in [0.2, 0.25) is 5.91 Å². The third-order valence-corrected chi connectivity index (χ3v) is 6.44. The highest BCUT2D eigenvalue weighted by molar-refractivity contribution is 5.97. The second-order valence-electron chi connectivity index (χ2n) is 10.5. The topological polar surface area (TPSA) is 85.7 Å². The number of amides is 2. The molecule has 0 saturated heterocycles.